The molecule has 1 heterocycles. The predicted octanol–water partition coefficient (Wildman–Crippen LogP) is 6.70. The number of carbonyl (C=O) groups excluding carboxylic acids is 1. The van der Waals surface area contributed by atoms with Gasteiger partial charge in [0.05, 0.1) is 5.69 Å². The Labute approximate surface area is 211 Å². The highest BCUT2D eigenvalue weighted by atomic mass is 19.4. The molecule has 0 spiro atoms. The van der Waals surface area contributed by atoms with Gasteiger partial charge in [0.1, 0.15) is 18.2 Å². The van der Waals surface area contributed by atoms with Crippen molar-refractivity contribution >= 4 is 11.8 Å². The maximum absolute atomic E-state index is 13.0. The van der Waals surface area contributed by atoms with Crippen LogP contribution in [0.4, 0.5) is 23.7 Å². The van der Waals surface area contributed by atoms with E-state index in [1.165, 1.54) is 35.3 Å². The third kappa shape index (κ3) is 5.91. The monoisotopic (exact) mass is 508 g/mol. The topological polar surface area (TPSA) is 69.5 Å². The molecule has 0 radical (unpaired) electrons. The Morgan fingerprint density at radius 2 is 1.68 bits per heavy atom. The van der Waals surface area contributed by atoms with Gasteiger partial charge in [-0.2, -0.15) is 0 Å². The van der Waals surface area contributed by atoms with Gasteiger partial charge < -0.3 is 9.47 Å². The average molecular weight is 509 g/mol. The number of anilines is 1. The maximum Gasteiger partial charge on any atom is 0.573 e. The quantitative estimate of drug-likeness (QED) is 0.278. The van der Waals surface area contributed by atoms with Crippen molar-refractivity contribution in [2.75, 3.05) is 4.90 Å². The second-order valence-electron chi connectivity index (χ2n) is 8.64. The van der Waals surface area contributed by atoms with Crippen molar-refractivity contribution in [1.29, 1.82) is 0 Å². The Balaban J connectivity index is 1.28. The zero-order valence-electron chi connectivity index (χ0n) is 19.8. The summed E-state index contributed by atoms with van der Waals surface area (Å²) in [6, 6.07) is 22.3. The number of hydrogen-bond donors (Lipinski definition) is 0. The number of ether oxygens (including phenoxy) is 2. The molecule has 37 heavy (non-hydrogen) atoms. The molecule has 0 N–H and O–H groups in total. The van der Waals surface area contributed by atoms with E-state index in [-0.39, 0.29) is 17.9 Å². The van der Waals surface area contributed by atoms with E-state index in [2.05, 4.69) is 14.8 Å². The summed E-state index contributed by atoms with van der Waals surface area (Å²) in [5.74, 6) is 0.115. The molecule has 1 aliphatic rings. The van der Waals surface area contributed by atoms with E-state index in [4.69, 9.17) is 4.74 Å². The van der Waals surface area contributed by atoms with Gasteiger partial charge in [0.2, 0.25) is 0 Å². The summed E-state index contributed by atoms with van der Waals surface area (Å²) in [5.41, 5.74) is 2.89. The lowest BCUT2D eigenvalue weighted by Gasteiger charge is -2.24. The minimum Gasteiger partial charge on any atom is -0.441 e. The summed E-state index contributed by atoms with van der Waals surface area (Å²) < 4.78 is 48.2. The van der Waals surface area contributed by atoms with Crippen LogP contribution < -0.4 is 9.64 Å². The lowest BCUT2D eigenvalue weighted by atomic mass is 10.1. The van der Waals surface area contributed by atoms with Gasteiger partial charge in [-0.15, -0.1) is 18.3 Å². The van der Waals surface area contributed by atoms with Gasteiger partial charge in [0.15, 0.2) is 5.82 Å². The molecule has 190 valence electrons. The minimum atomic E-state index is -4.75. The number of hydrogen-bond acceptors (Lipinski definition) is 5. The summed E-state index contributed by atoms with van der Waals surface area (Å²) in [7, 11) is 0. The van der Waals surface area contributed by atoms with Gasteiger partial charge in [-0.05, 0) is 73.9 Å². The summed E-state index contributed by atoms with van der Waals surface area (Å²) in [6.07, 6.45) is -2.23. The van der Waals surface area contributed by atoms with E-state index in [0.29, 0.717) is 11.5 Å². The Morgan fingerprint density at radius 3 is 2.30 bits per heavy atom. The van der Waals surface area contributed by atoms with Crippen molar-refractivity contribution < 1.29 is 27.4 Å². The summed E-state index contributed by atoms with van der Waals surface area (Å²) in [5, 5.41) is 4.42. The first-order chi connectivity index (χ1) is 17.8. The standard InChI is InChI=1S/C27H23F3N4O3/c1-18(19-5-3-2-4-6-19)36-26(35)34(23-11-12-23)22-9-7-20(8-10-22)25-31-17-33(32-25)21-13-15-24(16-14-21)37-27(28,29)30/h2-10,13-18,23H,11-12H2,1H3. The molecule has 1 aromatic heterocycles. The van der Waals surface area contributed by atoms with E-state index in [1.807, 2.05) is 61.5 Å². The van der Waals surface area contributed by atoms with Crippen LogP contribution in [0.25, 0.3) is 17.1 Å². The number of rotatable bonds is 7. The molecular formula is C27H23F3N4O3. The number of alkyl halides is 3. The average Bonchev–Trinajstić information content (AvgIpc) is 3.58. The molecule has 7 nitrogen and oxygen atoms in total. The van der Waals surface area contributed by atoms with Crippen LogP contribution in [0.15, 0.2) is 85.2 Å². The molecule has 0 saturated heterocycles. The van der Waals surface area contributed by atoms with Crippen molar-refractivity contribution in [3.8, 4) is 22.8 Å². The van der Waals surface area contributed by atoms with E-state index in [1.54, 1.807) is 4.90 Å². The predicted molar refractivity (Wildman–Crippen MR) is 130 cm³/mol. The molecule has 0 aliphatic heterocycles. The van der Waals surface area contributed by atoms with Gasteiger partial charge in [0.25, 0.3) is 0 Å². The lowest BCUT2D eigenvalue weighted by Crippen LogP contribution is -2.34. The molecule has 1 amide bonds. The van der Waals surface area contributed by atoms with Crippen LogP contribution >= 0.6 is 0 Å². The highest BCUT2D eigenvalue weighted by molar-refractivity contribution is 5.89. The normalized spacial score (nSPS) is 14.2. The fraction of sp³-hybridized carbons (Fsp3) is 0.222. The smallest absolute Gasteiger partial charge is 0.441 e. The van der Waals surface area contributed by atoms with E-state index >= 15 is 0 Å². The van der Waals surface area contributed by atoms with Crippen molar-refractivity contribution in [3.63, 3.8) is 0 Å². The van der Waals surface area contributed by atoms with Gasteiger partial charge >= 0.3 is 12.5 Å². The van der Waals surface area contributed by atoms with Gasteiger partial charge in [-0.3, -0.25) is 4.90 Å². The second-order valence-corrected chi connectivity index (χ2v) is 8.64. The number of halogens is 3. The molecule has 1 fully saturated rings. The first-order valence-electron chi connectivity index (χ1n) is 11.7. The summed E-state index contributed by atoms with van der Waals surface area (Å²) in [4.78, 5) is 19.0. The molecule has 5 rings (SSSR count). The van der Waals surface area contributed by atoms with E-state index in [9.17, 15) is 18.0 Å². The van der Waals surface area contributed by atoms with Crippen LogP contribution in [0.1, 0.15) is 31.4 Å². The van der Waals surface area contributed by atoms with Crippen molar-refractivity contribution in [3.05, 3.63) is 90.8 Å². The van der Waals surface area contributed by atoms with Crippen LogP contribution in [0.2, 0.25) is 0 Å². The maximum atomic E-state index is 13.0. The third-order valence-electron chi connectivity index (χ3n) is 5.89. The van der Waals surface area contributed by atoms with Crippen molar-refractivity contribution in [2.45, 2.75) is 38.3 Å². The van der Waals surface area contributed by atoms with Crippen molar-refractivity contribution in [1.82, 2.24) is 14.8 Å². The van der Waals surface area contributed by atoms with Gasteiger partial charge in [-0.1, -0.05) is 30.3 Å². The summed E-state index contributed by atoms with van der Waals surface area (Å²) >= 11 is 0. The van der Waals surface area contributed by atoms with Crippen LogP contribution in [0.5, 0.6) is 5.75 Å². The van der Waals surface area contributed by atoms with E-state index < -0.39 is 12.5 Å². The molecule has 0 bridgehead atoms. The Hall–Kier alpha value is -4.34. The second kappa shape index (κ2) is 9.96. The van der Waals surface area contributed by atoms with Gasteiger partial charge in [0, 0.05) is 17.3 Å². The van der Waals surface area contributed by atoms with Crippen LogP contribution in [-0.2, 0) is 4.74 Å². The summed E-state index contributed by atoms with van der Waals surface area (Å²) in [6.45, 7) is 1.85. The highest BCUT2D eigenvalue weighted by Gasteiger charge is 2.35. The molecular weight excluding hydrogens is 485 g/mol. The van der Waals surface area contributed by atoms with E-state index in [0.717, 1.165) is 29.7 Å². The number of benzene rings is 3. The molecule has 4 aromatic rings. The molecule has 10 heteroatoms. The van der Waals surface area contributed by atoms with Crippen LogP contribution in [0, 0.1) is 0 Å². The Bertz CT molecular complexity index is 1350. The zero-order chi connectivity index (χ0) is 26.0. The molecule has 1 aliphatic carbocycles. The fourth-order valence-electron chi connectivity index (χ4n) is 3.89. The Kier molecular flexibility index (Phi) is 6.56. The molecule has 1 saturated carbocycles. The molecule has 3 aromatic carbocycles. The minimum absolute atomic E-state index is 0.1000. The first kappa shape index (κ1) is 24.4. The number of nitrogens with zero attached hydrogens (tertiary/aromatic N) is 4. The molecule has 1 atom stereocenters. The highest BCUT2D eigenvalue weighted by Crippen LogP contribution is 2.34. The first-order valence-corrected chi connectivity index (χ1v) is 11.7. The van der Waals surface area contributed by atoms with Crippen LogP contribution in [-0.4, -0.2) is 33.3 Å². The largest absolute Gasteiger partial charge is 0.573 e. The SMILES string of the molecule is CC(OC(=O)N(c1ccc(-c2ncn(-c3ccc(OC(F)(F)F)cc3)n2)cc1)C1CC1)c1ccccc1. The Morgan fingerprint density at radius 1 is 1.00 bits per heavy atom. The molecule has 1 unspecified atom stereocenters. The number of amides is 1. The third-order valence-corrected chi connectivity index (χ3v) is 5.89. The lowest BCUT2D eigenvalue weighted by molar-refractivity contribution is -0.274. The van der Waals surface area contributed by atoms with Gasteiger partial charge in [-0.25, -0.2) is 14.5 Å². The zero-order valence-corrected chi connectivity index (χ0v) is 19.8. The number of aromatic nitrogens is 3. The van der Waals surface area contributed by atoms with Crippen molar-refractivity contribution in [2.24, 2.45) is 0 Å². The number of carbonyl (C=O) groups is 1. The van der Waals surface area contributed by atoms with Crippen LogP contribution in [0.3, 0.4) is 0 Å². The fourth-order valence-corrected chi connectivity index (χ4v) is 3.89.